The number of hydrogen-bond donors (Lipinski definition) is 1. The summed E-state index contributed by atoms with van der Waals surface area (Å²) in [6, 6.07) is 12.9. The van der Waals surface area contributed by atoms with Crippen LogP contribution < -0.4 is 10.1 Å². The average molecular weight is 431 g/mol. The van der Waals surface area contributed by atoms with Gasteiger partial charge in [-0.05, 0) is 62.9 Å². The maximum atomic E-state index is 13.3. The number of benzene rings is 2. The topological polar surface area (TPSA) is 75.7 Å². The van der Waals surface area contributed by atoms with E-state index in [1.54, 1.807) is 13.2 Å². The molecule has 162 valence electrons. The average Bonchev–Trinajstić information content (AvgIpc) is 2.72. The van der Waals surface area contributed by atoms with Crippen LogP contribution in [0.4, 0.5) is 0 Å². The maximum absolute atomic E-state index is 13.3. The molecule has 6 nitrogen and oxygen atoms in total. The van der Waals surface area contributed by atoms with E-state index in [0.717, 1.165) is 22.4 Å². The number of sulfonamides is 1. The lowest BCUT2D eigenvalue weighted by atomic mass is 9.82. The largest absolute Gasteiger partial charge is 0.497 e. The third kappa shape index (κ3) is 4.68. The Morgan fingerprint density at radius 2 is 1.97 bits per heavy atom. The molecule has 2 aromatic carbocycles. The molecule has 1 amide bonds. The Balaban J connectivity index is 1.73. The first-order valence-corrected chi connectivity index (χ1v) is 11.6. The van der Waals surface area contributed by atoms with Gasteiger partial charge in [-0.1, -0.05) is 29.8 Å². The number of piperidine rings is 1. The van der Waals surface area contributed by atoms with Crippen molar-refractivity contribution in [1.29, 1.82) is 0 Å². The van der Waals surface area contributed by atoms with Gasteiger partial charge in [0.25, 0.3) is 0 Å². The van der Waals surface area contributed by atoms with E-state index in [4.69, 9.17) is 4.74 Å². The number of rotatable bonds is 6. The number of ether oxygens (including phenoxy) is 1. The molecule has 0 spiro atoms. The molecular weight excluding hydrogens is 400 g/mol. The summed E-state index contributed by atoms with van der Waals surface area (Å²) in [6.07, 6.45) is 1.29. The first-order valence-electron chi connectivity index (χ1n) is 10.1. The van der Waals surface area contributed by atoms with Gasteiger partial charge in [-0.3, -0.25) is 4.79 Å². The van der Waals surface area contributed by atoms with Crippen LogP contribution in [-0.4, -0.2) is 38.8 Å². The van der Waals surface area contributed by atoms with E-state index in [1.807, 2.05) is 57.2 Å². The van der Waals surface area contributed by atoms with Crippen molar-refractivity contribution in [2.75, 3.05) is 20.2 Å². The molecule has 1 saturated heterocycles. The van der Waals surface area contributed by atoms with Crippen molar-refractivity contribution >= 4 is 15.9 Å². The lowest BCUT2D eigenvalue weighted by Crippen LogP contribution is -2.51. The summed E-state index contributed by atoms with van der Waals surface area (Å²) in [7, 11) is -2.05. The number of carbonyl (C=O) groups excluding carboxylic acids is 1. The summed E-state index contributed by atoms with van der Waals surface area (Å²) in [5.41, 5.74) is 1.90. The minimum Gasteiger partial charge on any atom is -0.497 e. The second kappa shape index (κ2) is 8.78. The van der Waals surface area contributed by atoms with Crippen LogP contribution in [0.2, 0.25) is 0 Å². The van der Waals surface area contributed by atoms with Gasteiger partial charge in [0, 0.05) is 19.6 Å². The molecule has 30 heavy (non-hydrogen) atoms. The van der Waals surface area contributed by atoms with Gasteiger partial charge in [0.2, 0.25) is 15.9 Å². The number of amides is 1. The fourth-order valence-electron chi connectivity index (χ4n) is 3.99. The quantitative estimate of drug-likeness (QED) is 0.762. The molecule has 3 rings (SSSR count). The van der Waals surface area contributed by atoms with E-state index in [1.165, 1.54) is 4.31 Å². The second-order valence-corrected chi connectivity index (χ2v) is 10.2. The Bertz CT molecular complexity index is 1040. The highest BCUT2D eigenvalue weighted by molar-refractivity contribution is 7.89. The van der Waals surface area contributed by atoms with Crippen LogP contribution >= 0.6 is 0 Å². The van der Waals surface area contributed by atoms with Crippen LogP contribution in [0, 0.1) is 19.3 Å². The molecule has 0 aromatic heterocycles. The molecular formula is C23H30N2O4S. The number of nitrogens with one attached hydrogen (secondary N) is 1. The molecule has 1 aliphatic heterocycles. The first kappa shape index (κ1) is 22.3. The highest BCUT2D eigenvalue weighted by Crippen LogP contribution is 2.33. The minimum atomic E-state index is -3.65. The van der Waals surface area contributed by atoms with Gasteiger partial charge in [0.15, 0.2) is 0 Å². The molecule has 0 bridgehead atoms. The Labute approximate surface area is 179 Å². The zero-order valence-corrected chi connectivity index (χ0v) is 18.9. The molecule has 1 fully saturated rings. The summed E-state index contributed by atoms with van der Waals surface area (Å²) < 4.78 is 33.2. The molecule has 0 unspecified atom stereocenters. The van der Waals surface area contributed by atoms with Crippen molar-refractivity contribution in [1.82, 2.24) is 9.62 Å². The molecule has 1 heterocycles. The molecule has 1 aliphatic rings. The molecule has 7 heteroatoms. The van der Waals surface area contributed by atoms with Crippen molar-refractivity contribution in [3.8, 4) is 5.75 Å². The van der Waals surface area contributed by atoms with Crippen molar-refractivity contribution in [2.24, 2.45) is 5.41 Å². The van der Waals surface area contributed by atoms with E-state index in [0.29, 0.717) is 30.8 Å². The second-order valence-electron chi connectivity index (χ2n) is 8.31. The molecule has 1 atom stereocenters. The predicted octanol–water partition coefficient (Wildman–Crippen LogP) is 3.42. The Morgan fingerprint density at radius 1 is 1.20 bits per heavy atom. The summed E-state index contributed by atoms with van der Waals surface area (Å²) in [4.78, 5) is 13.3. The Kier molecular flexibility index (Phi) is 6.53. The van der Waals surface area contributed by atoms with Crippen molar-refractivity contribution in [3.05, 3.63) is 59.2 Å². The van der Waals surface area contributed by atoms with Gasteiger partial charge in [-0.2, -0.15) is 4.31 Å². The van der Waals surface area contributed by atoms with E-state index in [-0.39, 0.29) is 12.5 Å². The fraction of sp³-hybridized carbons (Fsp3) is 0.435. The standard InChI is InChI=1S/C23H30N2O4S/c1-17-9-10-21(18(2)13-17)30(27,28)25-12-6-11-23(3,16-25)22(26)24-15-19-7-5-8-20(14-19)29-4/h5,7-10,13-14H,6,11-12,15-16H2,1-4H3,(H,24,26)/t23-/m1/s1. The van der Waals surface area contributed by atoms with Crippen LogP contribution in [0.1, 0.15) is 36.5 Å². The SMILES string of the molecule is COc1cccc(CNC(=O)[C@]2(C)CCCN(S(=O)(=O)c3ccc(C)cc3C)C2)c1. The molecule has 0 radical (unpaired) electrons. The normalized spacial score (nSPS) is 20.0. The first-order chi connectivity index (χ1) is 14.2. The van der Waals surface area contributed by atoms with Crippen LogP contribution in [-0.2, 0) is 21.4 Å². The lowest BCUT2D eigenvalue weighted by molar-refractivity contribution is -0.132. The number of hydrogen-bond acceptors (Lipinski definition) is 4. The number of nitrogens with zero attached hydrogens (tertiary/aromatic N) is 1. The summed E-state index contributed by atoms with van der Waals surface area (Å²) in [5, 5.41) is 2.98. The zero-order chi connectivity index (χ0) is 21.9. The van der Waals surface area contributed by atoms with Gasteiger partial charge in [0.1, 0.15) is 5.75 Å². The summed E-state index contributed by atoms with van der Waals surface area (Å²) >= 11 is 0. The third-order valence-corrected chi connectivity index (χ3v) is 7.75. The summed E-state index contributed by atoms with van der Waals surface area (Å²) in [6.45, 7) is 6.56. The maximum Gasteiger partial charge on any atom is 0.243 e. The summed E-state index contributed by atoms with van der Waals surface area (Å²) in [5.74, 6) is 0.599. The molecule has 2 aromatic rings. The van der Waals surface area contributed by atoms with Gasteiger partial charge in [-0.15, -0.1) is 0 Å². The third-order valence-electron chi connectivity index (χ3n) is 5.75. The number of carbonyl (C=O) groups is 1. The highest BCUT2D eigenvalue weighted by atomic mass is 32.2. The minimum absolute atomic E-state index is 0.133. The molecule has 0 aliphatic carbocycles. The van der Waals surface area contributed by atoms with Gasteiger partial charge >= 0.3 is 0 Å². The van der Waals surface area contributed by atoms with Crippen molar-refractivity contribution in [2.45, 2.75) is 45.1 Å². The predicted molar refractivity (Wildman–Crippen MR) is 117 cm³/mol. The van der Waals surface area contributed by atoms with Gasteiger partial charge in [0.05, 0.1) is 17.4 Å². The highest BCUT2D eigenvalue weighted by Gasteiger charge is 2.42. The van der Waals surface area contributed by atoms with E-state index in [2.05, 4.69) is 5.32 Å². The number of methoxy groups -OCH3 is 1. The monoisotopic (exact) mass is 430 g/mol. The van der Waals surface area contributed by atoms with Crippen molar-refractivity contribution in [3.63, 3.8) is 0 Å². The Hall–Kier alpha value is -2.38. The Morgan fingerprint density at radius 3 is 2.67 bits per heavy atom. The van der Waals surface area contributed by atoms with Crippen LogP contribution in [0.5, 0.6) is 5.75 Å². The van der Waals surface area contributed by atoms with Crippen LogP contribution in [0.25, 0.3) is 0 Å². The van der Waals surface area contributed by atoms with E-state index >= 15 is 0 Å². The number of aryl methyl sites for hydroxylation is 2. The fourth-order valence-corrected chi connectivity index (χ4v) is 5.80. The molecule has 1 N–H and O–H groups in total. The smallest absolute Gasteiger partial charge is 0.243 e. The van der Waals surface area contributed by atoms with Gasteiger partial charge < -0.3 is 10.1 Å². The van der Waals surface area contributed by atoms with Gasteiger partial charge in [-0.25, -0.2) is 8.42 Å². The van der Waals surface area contributed by atoms with Crippen LogP contribution in [0.15, 0.2) is 47.4 Å². The zero-order valence-electron chi connectivity index (χ0n) is 18.1. The van der Waals surface area contributed by atoms with E-state index in [9.17, 15) is 13.2 Å². The molecule has 0 saturated carbocycles. The van der Waals surface area contributed by atoms with E-state index < -0.39 is 15.4 Å². The van der Waals surface area contributed by atoms with Crippen LogP contribution in [0.3, 0.4) is 0 Å². The lowest BCUT2D eigenvalue weighted by Gasteiger charge is -2.38. The van der Waals surface area contributed by atoms with Crippen molar-refractivity contribution < 1.29 is 17.9 Å².